The van der Waals surface area contributed by atoms with Crippen LogP contribution in [0.1, 0.15) is 57.8 Å². The van der Waals surface area contributed by atoms with E-state index in [1.54, 1.807) is 0 Å². The van der Waals surface area contributed by atoms with E-state index in [9.17, 15) is 24.4 Å². The van der Waals surface area contributed by atoms with Crippen LogP contribution in [0.2, 0.25) is 0 Å². The maximum Gasteiger partial charge on any atom is 0.424 e. The molecule has 1 aliphatic carbocycles. The van der Waals surface area contributed by atoms with Crippen LogP contribution in [-0.4, -0.2) is 89.2 Å². The number of nitrogens with one attached hydrogen (secondary N) is 1. The first-order valence-corrected chi connectivity index (χ1v) is 12.0. The highest BCUT2D eigenvalue weighted by atomic mass is 16.5. The highest BCUT2D eigenvalue weighted by Gasteiger charge is 2.58. The smallest absolute Gasteiger partial charge is 0.364 e. The Hall–Kier alpha value is -2.04. The molecule has 2 heterocycles. The second-order valence-electron chi connectivity index (χ2n) is 9.58. The van der Waals surface area contributed by atoms with Crippen molar-refractivity contribution in [2.24, 2.45) is 17.6 Å². The van der Waals surface area contributed by atoms with Gasteiger partial charge >= 0.3 is 11.9 Å². The SMILES string of the molecule is NC(=O)[C@@H]1CCC[N+]1(C(=O)NCCN1CCCC1)C(=O)[C@H](CC1CCCC1)CN(O)C=O. The van der Waals surface area contributed by atoms with E-state index in [1.807, 2.05) is 0 Å². The number of nitrogens with zero attached hydrogens (tertiary/aromatic N) is 3. The average Bonchev–Trinajstić information content (AvgIpc) is 3.54. The largest absolute Gasteiger partial charge is 0.424 e. The standard InChI is InChI=1S/C22H37N5O5/c23-20(29)19-8-5-13-27(19,22(31)24-9-12-25-10-3-4-11-25)21(30)18(15-26(32)16-28)14-17-6-1-2-7-17/h16-19,32H,1-15H2,(H2-,23,24,29,31)/p+1/t18-,19+,27?/m1/s1. The van der Waals surface area contributed by atoms with Crippen molar-refractivity contribution in [1.29, 1.82) is 0 Å². The predicted molar refractivity (Wildman–Crippen MR) is 116 cm³/mol. The second-order valence-corrected chi connectivity index (χ2v) is 9.58. The van der Waals surface area contributed by atoms with Gasteiger partial charge in [0.25, 0.3) is 5.91 Å². The van der Waals surface area contributed by atoms with Crippen molar-refractivity contribution in [2.45, 2.75) is 63.8 Å². The number of hydrogen-bond donors (Lipinski definition) is 3. The molecule has 2 aliphatic heterocycles. The van der Waals surface area contributed by atoms with Crippen LogP contribution in [0.25, 0.3) is 0 Å². The number of carbonyl (C=O) groups is 4. The Morgan fingerprint density at radius 1 is 1.12 bits per heavy atom. The van der Waals surface area contributed by atoms with Crippen LogP contribution >= 0.6 is 0 Å². The monoisotopic (exact) mass is 452 g/mol. The molecular formula is C22H38N5O5+. The Labute approximate surface area is 189 Å². The minimum Gasteiger partial charge on any atom is -0.364 e. The number of hydroxylamine groups is 2. The first kappa shape index (κ1) is 24.6. The first-order chi connectivity index (χ1) is 15.4. The molecule has 0 radical (unpaired) electrons. The highest BCUT2D eigenvalue weighted by molar-refractivity contribution is 5.91. The summed E-state index contributed by atoms with van der Waals surface area (Å²) >= 11 is 0. The summed E-state index contributed by atoms with van der Waals surface area (Å²) in [5, 5.41) is 13.2. The lowest BCUT2D eigenvalue weighted by Gasteiger charge is -2.36. The fourth-order valence-electron chi connectivity index (χ4n) is 5.84. The summed E-state index contributed by atoms with van der Waals surface area (Å²) in [7, 11) is 0. The fraction of sp³-hybridized carbons (Fsp3) is 0.818. The van der Waals surface area contributed by atoms with Gasteiger partial charge in [0.2, 0.25) is 6.41 Å². The summed E-state index contributed by atoms with van der Waals surface area (Å²) in [6.07, 6.45) is 8.09. The number of rotatable bonds is 10. The van der Waals surface area contributed by atoms with Crippen molar-refractivity contribution in [3.63, 3.8) is 0 Å². The molecule has 10 heteroatoms. The minimum atomic E-state index is -0.927. The van der Waals surface area contributed by atoms with Crippen LogP contribution in [0.15, 0.2) is 0 Å². The molecular weight excluding hydrogens is 414 g/mol. The normalized spacial score (nSPS) is 27.3. The molecule has 1 saturated carbocycles. The molecule has 0 bridgehead atoms. The quantitative estimate of drug-likeness (QED) is 0.195. The van der Waals surface area contributed by atoms with Gasteiger partial charge in [-0.1, -0.05) is 25.7 Å². The van der Waals surface area contributed by atoms with E-state index in [2.05, 4.69) is 10.2 Å². The molecule has 1 unspecified atom stereocenters. The molecule has 0 aromatic rings. The van der Waals surface area contributed by atoms with Crippen molar-refractivity contribution in [1.82, 2.24) is 15.3 Å². The first-order valence-electron chi connectivity index (χ1n) is 12.0. The molecule has 3 atom stereocenters. The number of amides is 5. The highest BCUT2D eigenvalue weighted by Crippen LogP contribution is 2.36. The zero-order valence-electron chi connectivity index (χ0n) is 18.9. The van der Waals surface area contributed by atoms with Crippen molar-refractivity contribution in [3.05, 3.63) is 0 Å². The van der Waals surface area contributed by atoms with Gasteiger partial charge in [-0.05, 0) is 38.3 Å². The number of nitrogens with two attached hydrogens (primary N) is 1. The van der Waals surface area contributed by atoms with E-state index < -0.39 is 34.3 Å². The summed E-state index contributed by atoms with van der Waals surface area (Å²) in [6.45, 7) is 3.11. The molecule has 2 saturated heterocycles. The third-order valence-electron chi connectivity index (χ3n) is 7.48. The number of hydrogen-bond acceptors (Lipinski definition) is 6. The molecule has 3 aliphatic rings. The van der Waals surface area contributed by atoms with E-state index in [-0.39, 0.29) is 19.5 Å². The molecule has 180 valence electrons. The van der Waals surface area contributed by atoms with Crippen LogP contribution < -0.4 is 11.1 Å². The summed E-state index contributed by atoms with van der Waals surface area (Å²) in [6, 6.07) is -1.42. The van der Waals surface area contributed by atoms with Gasteiger partial charge in [-0.25, -0.2) is 14.7 Å². The lowest BCUT2D eigenvalue weighted by molar-refractivity contribution is -0.779. The number of imide groups is 1. The Morgan fingerprint density at radius 3 is 2.44 bits per heavy atom. The van der Waals surface area contributed by atoms with Crippen molar-refractivity contribution in [3.8, 4) is 0 Å². The zero-order valence-corrected chi connectivity index (χ0v) is 18.9. The number of quaternary nitrogens is 1. The summed E-state index contributed by atoms with van der Waals surface area (Å²) < 4.78 is -0.653. The van der Waals surface area contributed by atoms with E-state index >= 15 is 0 Å². The lowest BCUT2D eigenvalue weighted by Crippen LogP contribution is -2.68. The summed E-state index contributed by atoms with van der Waals surface area (Å²) in [5.41, 5.74) is 5.66. The van der Waals surface area contributed by atoms with E-state index in [1.165, 1.54) is 0 Å². The summed E-state index contributed by atoms with van der Waals surface area (Å²) in [5.74, 6) is -1.52. The number of carbonyl (C=O) groups excluding carboxylic acids is 4. The molecule has 3 rings (SSSR count). The maximum atomic E-state index is 13.9. The van der Waals surface area contributed by atoms with Crippen molar-refractivity contribution < 1.29 is 28.9 Å². The Morgan fingerprint density at radius 2 is 1.81 bits per heavy atom. The predicted octanol–water partition coefficient (Wildman–Crippen LogP) is 0.827. The molecule has 5 amide bonds. The van der Waals surface area contributed by atoms with Crippen LogP contribution in [0, 0.1) is 11.8 Å². The van der Waals surface area contributed by atoms with Gasteiger partial charge in [-0.2, -0.15) is 4.48 Å². The second kappa shape index (κ2) is 11.2. The van der Waals surface area contributed by atoms with Crippen LogP contribution in [0.5, 0.6) is 0 Å². The van der Waals surface area contributed by atoms with Gasteiger partial charge in [-0.3, -0.25) is 14.8 Å². The third-order valence-corrected chi connectivity index (χ3v) is 7.48. The minimum absolute atomic E-state index is 0.189. The van der Waals surface area contributed by atoms with Gasteiger partial charge in [0.05, 0.1) is 19.0 Å². The van der Waals surface area contributed by atoms with Gasteiger partial charge in [0, 0.05) is 25.9 Å². The van der Waals surface area contributed by atoms with Crippen LogP contribution in [0.4, 0.5) is 4.79 Å². The Balaban J connectivity index is 1.80. The maximum absolute atomic E-state index is 13.9. The molecule has 0 spiro atoms. The van der Waals surface area contributed by atoms with Gasteiger partial charge in [0.1, 0.15) is 0 Å². The fourth-order valence-corrected chi connectivity index (χ4v) is 5.84. The van der Waals surface area contributed by atoms with Crippen molar-refractivity contribution in [2.75, 3.05) is 39.3 Å². The Kier molecular flexibility index (Phi) is 8.61. The van der Waals surface area contributed by atoms with Gasteiger partial charge in [-0.15, -0.1) is 0 Å². The topological polar surface area (TPSA) is 133 Å². The molecule has 3 fully saturated rings. The molecule has 32 heavy (non-hydrogen) atoms. The number of urea groups is 1. The number of primary amides is 1. The zero-order chi connectivity index (χ0) is 23.1. The molecule has 4 N–H and O–H groups in total. The Bertz CT molecular complexity index is 692. The third kappa shape index (κ3) is 5.47. The van der Waals surface area contributed by atoms with E-state index in [4.69, 9.17) is 5.73 Å². The van der Waals surface area contributed by atoms with Gasteiger partial charge in [0.15, 0.2) is 6.04 Å². The number of likely N-dealkylation sites (tertiary alicyclic amines) is 2. The van der Waals surface area contributed by atoms with E-state index in [0.29, 0.717) is 43.3 Å². The summed E-state index contributed by atoms with van der Waals surface area (Å²) in [4.78, 5) is 53.0. The average molecular weight is 453 g/mol. The van der Waals surface area contributed by atoms with Crippen molar-refractivity contribution >= 4 is 24.3 Å². The van der Waals surface area contributed by atoms with Gasteiger partial charge < -0.3 is 16.0 Å². The molecule has 0 aromatic carbocycles. The molecule has 10 nitrogen and oxygen atoms in total. The van der Waals surface area contributed by atoms with E-state index in [0.717, 1.165) is 51.6 Å². The lowest BCUT2D eigenvalue weighted by atomic mass is 9.90. The van der Waals surface area contributed by atoms with Crippen LogP contribution in [0.3, 0.4) is 0 Å². The van der Waals surface area contributed by atoms with Crippen LogP contribution in [-0.2, 0) is 14.4 Å². The molecule has 0 aromatic heterocycles.